The van der Waals surface area contributed by atoms with E-state index in [0.717, 1.165) is 18.8 Å². The van der Waals surface area contributed by atoms with Crippen LogP contribution in [0.2, 0.25) is 0 Å². The molecule has 0 aromatic rings. The van der Waals surface area contributed by atoms with Crippen LogP contribution in [0.5, 0.6) is 0 Å². The van der Waals surface area contributed by atoms with E-state index in [-0.39, 0.29) is 18.9 Å². The number of hydrogen-bond donors (Lipinski definition) is 1. The van der Waals surface area contributed by atoms with Crippen LogP contribution in [-0.4, -0.2) is 29.9 Å². The molecule has 0 spiro atoms. The first-order valence-corrected chi connectivity index (χ1v) is 5.01. The van der Waals surface area contributed by atoms with Crippen molar-refractivity contribution < 1.29 is 9.90 Å². The van der Waals surface area contributed by atoms with Crippen LogP contribution in [0.4, 0.5) is 0 Å². The van der Waals surface area contributed by atoms with E-state index in [1.165, 1.54) is 32.1 Å². The first-order valence-electron chi connectivity index (χ1n) is 5.01. The Morgan fingerprint density at radius 2 is 1.85 bits per heavy atom. The van der Waals surface area contributed by atoms with Crippen molar-refractivity contribution in [2.45, 2.75) is 51.4 Å². The SMILES string of the molecule is O=C(O)CCCC1CCCCC1.[Li]. The fourth-order valence-electron chi connectivity index (χ4n) is 2.02. The Morgan fingerprint density at radius 1 is 1.23 bits per heavy atom. The van der Waals surface area contributed by atoms with Gasteiger partial charge in [-0.25, -0.2) is 0 Å². The molecule has 1 radical (unpaired) electrons. The number of rotatable bonds is 4. The molecule has 1 aliphatic carbocycles. The molecule has 1 fully saturated rings. The van der Waals surface area contributed by atoms with Crippen LogP contribution in [0.3, 0.4) is 0 Å². The molecule has 2 nitrogen and oxygen atoms in total. The summed E-state index contributed by atoms with van der Waals surface area (Å²) in [5, 5.41) is 8.44. The maximum Gasteiger partial charge on any atom is 0.303 e. The van der Waals surface area contributed by atoms with Gasteiger partial charge in [-0.3, -0.25) is 4.79 Å². The smallest absolute Gasteiger partial charge is 0.303 e. The molecule has 1 aliphatic rings. The van der Waals surface area contributed by atoms with Gasteiger partial charge < -0.3 is 5.11 Å². The van der Waals surface area contributed by atoms with Crippen LogP contribution in [0, 0.1) is 5.92 Å². The van der Waals surface area contributed by atoms with Gasteiger partial charge in [0.2, 0.25) is 0 Å². The summed E-state index contributed by atoms with van der Waals surface area (Å²) in [6.07, 6.45) is 9.13. The van der Waals surface area contributed by atoms with Crippen molar-refractivity contribution in [3.8, 4) is 0 Å². The molecule has 0 aliphatic heterocycles. The second kappa shape index (κ2) is 7.47. The first kappa shape index (κ1) is 13.1. The van der Waals surface area contributed by atoms with Crippen LogP contribution in [0.25, 0.3) is 0 Å². The standard InChI is InChI=1S/C10H18O2.Li/c11-10(12)8-4-7-9-5-2-1-3-6-9;/h9H,1-8H2,(H,11,12);. The summed E-state index contributed by atoms with van der Waals surface area (Å²) in [5.41, 5.74) is 0. The molecule has 0 unspecified atom stereocenters. The minimum atomic E-state index is -0.647. The number of carbonyl (C=O) groups is 1. The van der Waals surface area contributed by atoms with Gasteiger partial charge in [0.05, 0.1) is 0 Å². The normalized spacial score (nSPS) is 17.8. The van der Waals surface area contributed by atoms with Gasteiger partial charge in [-0.1, -0.05) is 32.1 Å². The first-order chi connectivity index (χ1) is 5.79. The molecular formula is C10H18LiO2. The predicted octanol–water partition coefficient (Wildman–Crippen LogP) is 2.44. The van der Waals surface area contributed by atoms with Crippen molar-refractivity contribution in [3.63, 3.8) is 0 Å². The zero-order valence-electron chi connectivity index (χ0n) is 8.59. The van der Waals surface area contributed by atoms with E-state index in [9.17, 15) is 4.79 Å². The van der Waals surface area contributed by atoms with Crippen LogP contribution in [-0.2, 0) is 4.79 Å². The summed E-state index contributed by atoms with van der Waals surface area (Å²) < 4.78 is 0. The van der Waals surface area contributed by atoms with Gasteiger partial charge in [-0.2, -0.15) is 0 Å². The van der Waals surface area contributed by atoms with Gasteiger partial charge in [-0.05, 0) is 18.8 Å². The number of aliphatic carboxylic acids is 1. The number of carboxylic acids is 1. The van der Waals surface area contributed by atoms with Crippen LogP contribution < -0.4 is 0 Å². The molecule has 0 heterocycles. The van der Waals surface area contributed by atoms with E-state index in [2.05, 4.69) is 0 Å². The van der Waals surface area contributed by atoms with Crippen molar-refractivity contribution in [3.05, 3.63) is 0 Å². The molecule has 3 heteroatoms. The minimum absolute atomic E-state index is 0. The van der Waals surface area contributed by atoms with Crippen molar-refractivity contribution in [1.82, 2.24) is 0 Å². The fourth-order valence-corrected chi connectivity index (χ4v) is 2.02. The predicted molar refractivity (Wildman–Crippen MR) is 53.8 cm³/mol. The summed E-state index contributed by atoms with van der Waals surface area (Å²) in [6.45, 7) is 0. The van der Waals surface area contributed by atoms with Crippen molar-refractivity contribution >= 4 is 24.8 Å². The molecule has 0 amide bonds. The molecule has 0 aromatic carbocycles. The summed E-state index contributed by atoms with van der Waals surface area (Å²) in [7, 11) is 0. The van der Waals surface area contributed by atoms with E-state index >= 15 is 0 Å². The van der Waals surface area contributed by atoms with Crippen LogP contribution in [0.15, 0.2) is 0 Å². The molecule has 0 aromatic heterocycles. The molecule has 0 saturated heterocycles. The molecule has 1 N–H and O–H groups in total. The average Bonchev–Trinajstić information content (AvgIpc) is 2.05. The Morgan fingerprint density at radius 3 is 2.38 bits per heavy atom. The molecule has 1 rings (SSSR count). The topological polar surface area (TPSA) is 37.3 Å². The van der Waals surface area contributed by atoms with E-state index in [4.69, 9.17) is 5.11 Å². The van der Waals surface area contributed by atoms with Crippen LogP contribution >= 0.6 is 0 Å². The average molecular weight is 177 g/mol. The Kier molecular flexibility index (Phi) is 7.51. The van der Waals surface area contributed by atoms with Gasteiger partial charge >= 0.3 is 5.97 Å². The minimum Gasteiger partial charge on any atom is -0.481 e. The van der Waals surface area contributed by atoms with Crippen molar-refractivity contribution in [1.29, 1.82) is 0 Å². The molecule has 13 heavy (non-hydrogen) atoms. The second-order valence-electron chi connectivity index (χ2n) is 3.79. The zero-order valence-corrected chi connectivity index (χ0v) is 8.59. The summed E-state index contributed by atoms with van der Waals surface area (Å²) in [6, 6.07) is 0. The summed E-state index contributed by atoms with van der Waals surface area (Å²) in [4.78, 5) is 10.2. The largest absolute Gasteiger partial charge is 0.481 e. The van der Waals surface area contributed by atoms with Gasteiger partial charge in [0.15, 0.2) is 0 Å². The quantitative estimate of drug-likeness (QED) is 0.669. The molecule has 0 bridgehead atoms. The molecule has 1 saturated carbocycles. The Hall–Kier alpha value is 0.0674. The fraction of sp³-hybridized carbons (Fsp3) is 0.900. The third-order valence-electron chi connectivity index (χ3n) is 2.73. The molecule has 0 atom stereocenters. The Labute approximate surface area is 92.3 Å². The van der Waals surface area contributed by atoms with E-state index in [1.807, 2.05) is 0 Å². The van der Waals surface area contributed by atoms with Gasteiger partial charge in [0.1, 0.15) is 0 Å². The zero-order chi connectivity index (χ0) is 8.81. The van der Waals surface area contributed by atoms with E-state index in [0.29, 0.717) is 6.42 Å². The third kappa shape index (κ3) is 6.18. The maximum atomic E-state index is 10.2. The monoisotopic (exact) mass is 177 g/mol. The number of hydrogen-bond acceptors (Lipinski definition) is 1. The van der Waals surface area contributed by atoms with Crippen molar-refractivity contribution in [2.75, 3.05) is 0 Å². The Balaban J connectivity index is 0.00000144. The second-order valence-corrected chi connectivity index (χ2v) is 3.79. The van der Waals surface area contributed by atoms with Gasteiger partial charge in [-0.15, -0.1) is 0 Å². The third-order valence-corrected chi connectivity index (χ3v) is 2.73. The summed E-state index contributed by atoms with van der Waals surface area (Å²) >= 11 is 0. The van der Waals surface area contributed by atoms with Crippen LogP contribution in [0.1, 0.15) is 51.4 Å². The van der Waals surface area contributed by atoms with E-state index < -0.39 is 5.97 Å². The Bertz CT molecular complexity index is 142. The molecular weight excluding hydrogens is 159 g/mol. The summed E-state index contributed by atoms with van der Waals surface area (Å²) in [5.74, 6) is 0.184. The van der Waals surface area contributed by atoms with E-state index in [1.54, 1.807) is 0 Å². The number of carboxylic acid groups (broad SMARTS) is 1. The van der Waals surface area contributed by atoms with Gasteiger partial charge in [0.25, 0.3) is 0 Å². The molecule has 71 valence electrons. The van der Waals surface area contributed by atoms with Gasteiger partial charge in [0, 0.05) is 25.3 Å². The van der Waals surface area contributed by atoms with Crippen molar-refractivity contribution in [2.24, 2.45) is 5.92 Å². The maximum absolute atomic E-state index is 10.2.